The second-order valence-corrected chi connectivity index (χ2v) is 9.32. The van der Waals surface area contributed by atoms with Crippen molar-refractivity contribution in [3.05, 3.63) is 54.1 Å². The molecule has 3 fully saturated rings. The van der Waals surface area contributed by atoms with Crippen LogP contribution in [0.5, 0.6) is 11.5 Å². The van der Waals surface area contributed by atoms with Crippen molar-refractivity contribution in [1.82, 2.24) is 10.2 Å². The van der Waals surface area contributed by atoms with E-state index in [-0.39, 0.29) is 16.8 Å². The minimum absolute atomic E-state index is 0.0161. The molecule has 7 nitrogen and oxygen atoms in total. The summed E-state index contributed by atoms with van der Waals surface area (Å²) in [5.41, 5.74) is 0.569. The Morgan fingerprint density at radius 3 is 2.41 bits per heavy atom. The molecular weight excluding hydrogens is 390 g/mol. The molecule has 2 aromatic rings. The van der Waals surface area contributed by atoms with E-state index in [0.717, 1.165) is 25.9 Å². The van der Waals surface area contributed by atoms with Crippen LogP contribution in [0.3, 0.4) is 0 Å². The summed E-state index contributed by atoms with van der Waals surface area (Å²) < 4.78 is 28.6. The number of carbonyl (C=O) groups is 1. The molecule has 0 aliphatic carbocycles. The largest absolute Gasteiger partial charge is 0.457 e. The Kier molecular flexibility index (Phi) is 5.33. The fourth-order valence-corrected chi connectivity index (χ4v) is 4.85. The first-order chi connectivity index (χ1) is 13.8. The number of rotatable bonds is 5. The highest BCUT2D eigenvalue weighted by atomic mass is 32.2. The van der Waals surface area contributed by atoms with Crippen LogP contribution < -0.4 is 15.2 Å². The van der Waals surface area contributed by atoms with Crippen LogP contribution in [0.4, 0.5) is 0 Å². The number of hydrogen-bond donors (Lipinski definition) is 2. The third kappa shape index (κ3) is 4.29. The van der Waals surface area contributed by atoms with Crippen LogP contribution in [-0.2, 0) is 10.0 Å². The van der Waals surface area contributed by atoms with Crippen molar-refractivity contribution in [3.63, 3.8) is 0 Å². The van der Waals surface area contributed by atoms with Gasteiger partial charge in [-0.25, -0.2) is 13.6 Å². The summed E-state index contributed by atoms with van der Waals surface area (Å²) in [5.74, 6) is 1.32. The van der Waals surface area contributed by atoms with Gasteiger partial charge in [0.15, 0.2) is 0 Å². The maximum Gasteiger partial charge on any atom is 0.251 e. The Morgan fingerprint density at radius 1 is 1.10 bits per heavy atom. The van der Waals surface area contributed by atoms with Gasteiger partial charge in [-0.05, 0) is 75.2 Å². The summed E-state index contributed by atoms with van der Waals surface area (Å²) in [7, 11) is -3.79. The molecule has 3 aliphatic rings. The molecule has 2 aromatic carbocycles. The second kappa shape index (κ2) is 7.78. The zero-order chi connectivity index (χ0) is 20.6. The number of benzene rings is 2. The number of nitrogens with zero attached hydrogens (tertiary/aromatic N) is 1. The molecule has 0 radical (unpaired) electrons. The number of nitrogens with two attached hydrogens (primary N) is 1. The van der Waals surface area contributed by atoms with Gasteiger partial charge in [-0.3, -0.25) is 9.69 Å². The molecule has 8 heteroatoms. The van der Waals surface area contributed by atoms with Crippen molar-refractivity contribution in [1.29, 1.82) is 0 Å². The molecule has 29 heavy (non-hydrogen) atoms. The van der Waals surface area contributed by atoms with Crippen molar-refractivity contribution < 1.29 is 17.9 Å². The molecule has 3 saturated heterocycles. The Hall–Kier alpha value is -2.42. The molecule has 0 spiro atoms. The van der Waals surface area contributed by atoms with Gasteiger partial charge in [-0.15, -0.1) is 0 Å². The van der Waals surface area contributed by atoms with Gasteiger partial charge in [0, 0.05) is 23.7 Å². The van der Waals surface area contributed by atoms with Crippen LogP contribution in [-0.4, -0.2) is 44.4 Å². The lowest BCUT2D eigenvalue weighted by atomic mass is 9.79. The molecule has 2 bridgehead atoms. The smallest absolute Gasteiger partial charge is 0.251 e. The maximum atomic E-state index is 12.7. The number of amides is 1. The number of nitrogens with one attached hydrogen (secondary N) is 1. The number of ether oxygens (including phenoxy) is 1. The normalized spacial score (nSPS) is 26.1. The molecule has 0 aromatic heterocycles. The fraction of sp³-hybridized carbons (Fsp3) is 0.381. The van der Waals surface area contributed by atoms with E-state index < -0.39 is 10.0 Å². The SMILES string of the molecule is C[C@H]1[C@H](NC(=O)c2ccc(Oc3cccc(S(N)(=O)=O)c3)cc2)C2CCN1CC2. The lowest BCUT2D eigenvalue weighted by Gasteiger charge is -2.49. The van der Waals surface area contributed by atoms with E-state index in [1.807, 2.05) is 0 Å². The first kappa shape index (κ1) is 19.9. The predicted molar refractivity (Wildman–Crippen MR) is 109 cm³/mol. The lowest BCUT2D eigenvalue weighted by Crippen LogP contribution is -2.62. The molecule has 3 aliphatic heterocycles. The molecule has 5 rings (SSSR count). The van der Waals surface area contributed by atoms with Gasteiger partial charge < -0.3 is 10.1 Å². The average Bonchev–Trinajstić information content (AvgIpc) is 2.71. The molecule has 0 unspecified atom stereocenters. The number of primary sulfonamides is 1. The predicted octanol–water partition coefficient (Wildman–Crippen LogP) is 2.34. The van der Waals surface area contributed by atoms with Crippen LogP contribution in [0.15, 0.2) is 53.4 Å². The number of carbonyl (C=O) groups excluding carboxylic acids is 1. The van der Waals surface area contributed by atoms with Gasteiger partial charge in [0.05, 0.1) is 4.90 Å². The molecule has 154 valence electrons. The minimum Gasteiger partial charge on any atom is -0.457 e. The van der Waals surface area contributed by atoms with Crippen LogP contribution in [0.25, 0.3) is 0 Å². The maximum absolute atomic E-state index is 12.7. The Bertz CT molecular complexity index is 997. The van der Waals surface area contributed by atoms with E-state index >= 15 is 0 Å². The first-order valence-corrected chi connectivity index (χ1v) is 11.3. The quantitative estimate of drug-likeness (QED) is 0.780. The second-order valence-electron chi connectivity index (χ2n) is 7.76. The highest BCUT2D eigenvalue weighted by Crippen LogP contribution is 2.32. The average molecular weight is 416 g/mol. The Labute approximate surface area is 170 Å². The van der Waals surface area contributed by atoms with Gasteiger partial charge in [0.2, 0.25) is 10.0 Å². The highest BCUT2D eigenvalue weighted by molar-refractivity contribution is 7.89. The number of sulfonamides is 1. The highest BCUT2D eigenvalue weighted by Gasteiger charge is 2.40. The summed E-state index contributed by atoms with van der Waals surface area (Å²) >= 11 is 0. The molecule has 3 heterocycles. The summed E-state index contributed by atoms with van der Waals surface area (Å²) in [6.45, 7) is 4.43. The summed E-state index contributed by atoms with van der Waals surface area (Å²) in [6.07, 6.45) is 2.28. The van der Waals surface area contributed by atoms with E-state index in [1.54, 1.807) is 36.4 Å². The van der Waals surface area contributed by atoms with Gasteiger partial charge in [-0.2, -0.15) is 0 Å². The van der Waals surface area contributed by atoms with Crippen molar-refractivity contribution in [2.75, 3.05) is 13.1 Å². The summed E-state index contributed by atoms with van der Waals surface area (Å²) in [4.78, 5) is 15.1. The number of piperidine rings is 3. The Morgan fingerprint density at radius 2 is 1.79 bits per heavy atom. The summed E-state index contributed by atoms with van der Waals surface area (Å²) in [6, 6.07) is 13.3. The fourth-order valence-electron chi connectivity index (χ4n) is 4.31. The topological polar surface area (TPSA) is 102 Å². The van der Waals surface area contributed by atoms with Crippen molar-refractivity contribution in [2.45, 2.75) is 36.7 Å². The molecule has 3 N–H and O–H groups in total. The standard InChI is InChI=1S/C21H25N3O4S/c1-14-20(15-9-11-24(14)12-10-15)23-21(25)16-5-7-17(8-6-16)28-18-3-2-4-19(13-18)29(22,26)27/h2-8,13-15,20H,9-12H2,1H3,(H,23,25)(H2,22,26,27)/t14-,20-/m0/s1. The van der Waals surface area contributed by atoms with Crippen molar-refractivity contribution >= 4 is 15.9 Å². The van der Waals surface area contributed by atoms with E-state index in [9.17, 15) is 13.2 Å². The van der Waals surface area contributed by atoms with Gasteiger partial charge >= 0.3 is 0 Å². The van der Waals surface area contributed by atoms with Crippen molar-refractivity contribution in [2.24, 2.45) is 11.1 Å². The number of fused-ring (bicyclic) bond motifs is 3. The van der Waals surface area contributed by atoms with Gasteiger partial charge in [-0.1, -0.05) is 6.07 Å². The molecule has 2 atom stereocenters. The van der Waals surface area contributed by atoms with E-state index in [4.69, 9.17) is 9.88 Å². The van der Waals surface area contributed by atoms with E-state index in [0.29, 0.717) is 29.0 Å². The van der Waals surface area contributed by atoms with E-state index in [2.05, 4.69) is 17.1 Å². The van der Waals surface area contributed by atoms with Crippen LogP contribution in [0.2, 0.25) is 0 Å². The third-order valence-corrected chi connectivity index (χ3v) is 6.87. The first-order valence-electron chi connectivity index (χ1n) is 9.77. The van der Waals surface area contributed by atoms with Crippen LogP contribution >= 0.6 is 0 Å². The Balaban J connectivity index is 1.42. The van der Waals surface area contributed by atoms with Gasteiger partial charge in [0.1, 0.15) is 11.5 Å². The van der Waals surface area contributed by atoms with Crippen LogP contribution in [0.1, 0.15) is 30.1 Å². The van der Waals surface area contributed by atoms with Crippen LogP contribution in [0, 0.1) is 5.92 Å². The van der Waals surface area contributed by atoms with E-state index in [1.165, 1.54) is 12.1 Å². The van der Waals surface area contributed by atoms with Crippen molar-refractivity contribution in [3.8, 4) is 11.5 Å². The monoisotopic (exact) mass is 415 g/mol. The third-order valence-electron chi connectivity index (χ3n) is 5.96. The minimum atomic E-state index is -3.79. The lowest BCUT2D eigenvalue weighted by molar-refractivity contribution is 0.0217. The zero-order valence-corrected chi connectivity index (χ0v) is 17.1. The molecule has 0 saturated carbocycles. The zero-order valence-electron chi connectivity index (χ0n) is 16.2. The molecular formula is C21H25N3O4S. The number of hydrogen-bond acceptors (Lipinski definition) is 5. The summed E-state index contributed by atoms with van der Waals surface area (Å²) in [5, 5.41) is 8.36. The van der Waals surface area contributed by atoms with Gasteiger partial charge in [0.25, 0.3) is 5.91 Å². The molecule has 1 amide bonds.